The molecule has 1 aromatic rings. The molecule has 0 amide bonds. The molecule has 94 valence electrons. The molecule has 2 N–H and O–H groups in total. The van der Waals surface area contributed by atoms with Crippen molar-refractivity contribution < 1.29 is 18.7 Å². The second-order valence-electron chi connectivity index (χ2n) is 4.29. The van der Waals surface area contributed by atoms with Crippen LogP contribution in [0, 0.1) is 17.0 Å². The third kappa shape index (κ3) is 3.39. The number of hydrogen-bond acceptors (Lipinski definition) is 2. The summed E-state index contributed by atoms with van der Waals surface area (Å²) in [6.45, 7) is 3.06. The molecule has 0 aromatic heterocycles. The van der Waals surface area contributed by atoms with Gasteiger partial charge in [-0.3, -0.25) is 4.79 Å². The lowest BCUT2D eigenvalue weighted by Gasteiger charge is -2.20. The van der Waals surface area contributed by atoms with Gasteiger partial charge in [-0.15, -0.1) is 0 Å². The lowest BCUT2D eigenvalue weighted by molar-refractivity contribution is -0.146. The van der Waals surface area contributed by atoms with Gasteiger partial charge in [0.05, 0.1) is 15.6 Å². The van der Waals surface area contributed by atoms with Gasteiger partial charge in [-0.25, -0.2) is 8.78 Å². The first-order chi connectivity index (χ1) is 7.74. The maximum absolute atomic E-state index is 13.3. The zero-order valence-electron chi connectivity index (χ0n) is 9.35. The van der Waals surface area contributed by atoms with E-state index in [1.165, 1.54) is 19.9 Å². The van der Waals surface area contributed by atoms with Crippen molar-refractivity contribution >= 4 is 27.6 Å². The van der Waals surface area contributed by atoms with E-state index in [2.05, 4.69) is 21.2 Å². The molecular formula is C11H12BrF2NO2. The van der Waals surface area contributed by atoms with Crippen LogP contribution in [-0.2, 0) is 4.79 Å². The van der Waals surface area contributed by atoms with Gasteiger partial charge in [0.2, 0.25) is 0 Å². The van der Waals surface area contributed by atoms with Crippen LogP contribution in [0.1, 0.15) is 13.8 Å². The molecule has 0 unspecified atom stereocenters. The van der Waals surface area contributed by atoms with Gasteiger partial charge < -0.3 is 10.4 Å². The zero-order chi connectivity index (χ0) is 13.2. The normalized spacial score (nSPS) is 11.4. The largest absolute Gasteiger partial charge is 0.481 e. The van der Waals surface area contributed by atoms with Crippen molar-refractivity contribution in [3.63, 3.8) is 0 Å². The van der Waals surface area contributed by atoms with Crippen LogP contribution in [0.2, 0.25) is 0 Å². The molecule has 0 radical (unpaired) electrons. The summed E-state index contributed by atoms with van der Waals surface area (Å²) in [5, 5.41) is 11.5. The van der Waals surface area contributed by atoms with E-state index in [4.69, 9.17) is 5.11 Å². The fraction of sp³-hybridized carbons (Fsp3) is 0.364. The third-order valence-corrected chi connectivity index (χ3v) is 2.92. The van der Waals surface area contributed by atoms with E-state index in [1.807, 2.05) is 0 Å². The fourth-order valence-corrected chi connectivity index (χ4v) is 1.39. The Morgan fingerprint density at radius 3 is 2.53 bits per heavy atom. The molecule has 0 fully saturated rings. The molecular weight excluding hydrogens is 296 g/mol. The SMILES string of the molecule is CC(C)(CNc1cc(Br)c(F)cc1F)C(=O)O. The van der Waals surface area contributed by atoms with Crippen molar-refractivity contribution in [1.82, 2.24) is 0 Å². The van der Waals surface area contributed by atoms with Crippen LogP contribution in [0.25, 0.3) is 0 Å². The summed E-state index contributed by atoms with van der Waals surface area (Å²) in [5.41, 5.74) is -0.972. The summed E-state index contributed by atoms with van der Waals surface area (Å²) >= 11 is 2.93. The minimum Gasteiger partial charge on any atom is -0.481 e. The Morgan fingerprint density at radius 1 is 1.41 bits per heavy atom. The molecule has 0 aliphatic carbocycles. The van der Waals surface area contributed by atoms with Crippen molar-refractivity contribution in [2.24, 2.45) is 5.41 Å². The minimum absolute atomic E-state index is 0.0390. The lowest BCUT2D eigenvalue weighted by atomic mass is 9.94. The topological polar surface area (TPSA) is 49.3 Å². The molecule has 1 rings (SSSR count). The number of benzene rings is 1. The van der Waals surface area contributed by atoms with E-state index < -0.39 is 23.0 Å². The molecule has 3 nitrogen and oxygen atoms in total. The number of rotatable bonds is 4. The predicted molar refractivity (Wildman–Crippen MR) is 64.0 cm³/mol. The molecule has 6 heteroatoms. The van der Waals surface area contributed by atoms with Crippen LogP contribution in [0.3, 0.4) is 0 Å². The highest BCUT2D eigenvalue weighted by atomic mass is 79.9. The number of hydrogen-bond donors (Lipinski definition) is 2. The molecule has 0 atom stereocenters. The maximum Gasteiger partial charge on any atom is 0.310 e. The van der Waals surface area contributed by atoms with Gasteiger partial charge in [0.1, 0.15) is 11.6 Å². The van der Waals surface area contributed by atoms with Crippen molar-refractivity contribution in [2.75, 3.05) is 11.9 Å². The molecule has 0 spiro atoms. The number of aliphatic carboxylic acids is 1. The van der Waals surface area contributed by atoms with E-state index in [1.54, 1.807) is 0 Å². The average Bonchev–Trinajstić information content (AvgIpc) is 2.21. The van der Waals surface area contributed by atoms with Crippen LogP contribution in [0.5, 0.6) is 0 Å². The average molecular weight is 308 g/mol. The van der Waals surface area contributed by atoms with Crippen molar-refractivity contribution in [2.45, 2.75) is 13.8 Å². The Bertz CT molecular complexity index is 449. The van der Waals surface area contributed by atoms with E-state index in [0.717, 1.165) is 6.07 Å². The third-order valence-electron chi connectivity index (χ3n) is 2.31. The Labute approximate surface area is 106 Å². The summed E-state index contributed by atoms with van der Waals surface area (Å²) in [6.07, 6.45) is 0. The van der Waals surface area contributed by atoms with E-state index >= 15 is 0 Å². The molecule has 0 saturated heterocycles. The summed E-state index contributed by atoms with van der Waals surface area (Å²) in [4.78, 5) is 10.8. The quantitative estimate of drug-likeness (QED) is 0.840. The number of halogens is 3. The second-order valence-corrected chi connectivity index (χ2v) is 5.14. The first-order valence-corrected chi connectivity index (χ1v) is 5.65. The first kappa shape index (κ1) is 13.9. The van der Waals surface area contributed by atoms with Gasteiger partial charge in [-0.2, -0.15) is 0 Å². The van der Waals surface area contributed by atoms with Crippen molar-refractivity contribution in [3.05, 3.63) is 28.2 Å². The van der Waals surface area contributed by atoms with Gasteiger partial charge in [-0.05, 0) is 35.8 Å². The first-order valence-electron chi connectivity index (χ1n) is 4.86. The summed E-state index contributed by atoms with van der Waals surface area (Å²) in [7, 11) is 0. The van der Waals surface area contributed by atoms with Crippen LogP contribution in [0.15, 0.2) is 16.6 Å². The van der Waals surface area contributed by atoms with E-state index in [0.29, 0.717) is 0 Å². The molecule has 17 heavy (non-hydrogen) atoms. The Kier molecular flexibility index (Phi) is 4.08. The van der Waals surface area contributed by atoms with E-state index in [-0.39, 0.29) is 16.7 Å². The van der Waals surface area contributed by atoms with Crippen molar-refractivity contribution in [1.29, 1.82) is 0 Å². The highest BCUT2D eigenvalue weighted by molar-refractivity contribution is 9.10. The summed E-state index contributed by atoms with van der Waals surface area (Å²) in [6, 6.07) is 1.97. The molecule has 0 saturated carbocycles. The smallest absolute Gasteiger partial charge is 0.310 e. The molecule has 0 aliphatic rings. The minimum atomic E-state index is -1.03. The Balaban J connectivity index is 2.83. The highest BCUT2D eigenvalue weighted by Crippen LogP contribution is 2.25. The standard InChI is InChI=1S/C11H12BrF2NO2/c1-11(2,10(16)17)5-15-9-3-6(12)7(13)4-8(9)14/h3-4,15H,5H2,1-2H3,(H,16,17). The van der Waals surface area contributed by atoms with Gasteiger partial charge >= 0.3 is 5.97 Å². The number of anilines is 1. The van der Waals surface area contributed by atoms with Crippen LogP contribution in [-0.4, -0.2) is 17.6 Å². The van der Waals surface area contributed by atoms with E-state index in [9.17, 15) is 13.6 Å². The number of carbonyl (C=O) groups is 1. The van der Waals surface area contributed by atoms with Gasteiger partial charge in [0.15, 0.2) is 0 Å². The van der Waals surface area contributed by atoms with Crippen LogP contribution >= 0.6 is 15.9 Å². The zero-order valence-corrected chi connectivity index (χ0v) is 10.9. The second kappa shape index (κ2) is 5.00. The van der Waals surface area contributed by atoms with Crippen LogP contribution in [0.4, 0.5) is 14.5 Å². The summed E-state index contributed by atoms with van der Waals surface area (Å²) in [5.74, 6) is -2.45. The summed E-state index contributed by atoms with van der Waals surface area (Å²) < 4.78 is 26.4. The Morgan fingerprint density at radius 2 is 2.00 bits per heavy atom. The van der Waals surface area contributed by atoms with Gasteiger partial charge in [0.25, 0.3) is 0 Å². The lowest BCUT2D eigenvalue weighted by Crippen LogP contribution is -2.32. The molecule has 0 heterocycles. The molecule has 1 aromatic carbocycles. The predicted octanol–water partition coefficient (Wildman–Crippen LogP) is 3.25. The highest BCUT2D eigenvalue weighted by Gasteiger charge is 2.27. The van der Waals surface area contributed by atoms with Crippen molar-refractivity contribution in [3.8, 4) is 0 Å². The Hall–Kier alpha value is -1.17. The van der Waals surface area contributed by atoms with Gasteiger partial charge in [-0.1, -0.05) is 0 Å². The number of carboxylic acid groups (broad SMARTS) is 1. The molecule has 0 bridgehead atoms. The monoisotopic (exact) mass is 307 g/mol. The molecule has 0 aliphatic heterocycles. The number of carboxylic acids is 1. The number of nitrogens with one attached hydrogen (secondary N) is 1. The van der Waals surface area contributed by atoms with Crippen LogP contribution < -0.4 is 5.32 Å². The maximum atomic E-state index is 13.3. The fourth-order valence-electron chi connectivity index (χ4n) is 1.05. The van der Waals surface area contributed by atoms with Gasteiger partial charge in [0, 0.05) is 12.6 Å².